The van der Waals surface area contributed by atoms with E-state index >= 15 is 0 Å². The minimum atomic E-state index is -0.411. The van der Waals surface area contributed by atoms with Gasteiger partial charge in [-0.3, -0.25) is 14.9 Å². The number of carbonyl (C=O) groups is 1. The second kappa shape index (κ2) is 10.8. The van der Waals surface area contributed by atoms with Gasteiger partial charge in [-0.1, -0.05) is 29.8 Å². The van der Waals surface area contributed by atoms with Gasteiger partial charge in [0, 0.05) is 47.7 Å². The molecule has 1 aliphatic heterocycles. The van der Waals surface area contributed by atoms with Crippen LogP contribution in [0.2, 0.25) is 10.0 Å². The summed E-state index contributed by atoms with van der Waals surface area (Å²) in [6, 6.07) is 11.6. The summed E-state index contributed by atoms with van der Waals surface area (Å²) >= 11 is 12.6. The number of benzene rings is 2. The third-order valence-electron chi connectivity index (χ3n) is 6.22. The summed E-state index contributed by atoms with van der Waals surface area (Å²) in [5, 5.41) is 12.3. The van der Waals surface area contributed by atoms with E-state index in [1.54, 1.807) is 12.4 Å². The van der Waals surface area contributed by atoms with Crippen LogP contribution in [-0.2, 0) is 9.53 Å². The molecular weight excluding hydrogens is 513 g/mol. The van der Waals surface area contributed by atoms with Gasteiger partial charge in [0.1, 0.15) is 17.5 Å². The number of aromatic amines is 1. The Bertz CT molecular complexity index is 1450. The molecule has 10 heteroatoms. The van der Waals surface area contributed by atoms with Gasteiger partial charge in [-0.25, -0.2) is 0 Å². The van der Waals surface area contributed by atoms with E-state index in [1.165, 1.54) is 6.08 Å². The number of morpholine rings is 1. The van der Waals surface area contributed by atoms with Crippen LogP contribution >= 0.6 is 23.2 Å². The molecule has 8 nitrogen and oxygen atoms in total. The largest absolute Gasteiger partial charge is 0.486 e. The quantitative estimate of drug-likeness (QED) is 0.279. The van der Waals surface area contributed by atoms with E-state index in [0.29, 0.717) is 46.0 Å². The lowest BCUT2D eigenvalue weighted by Crippen LogP contribution is -2.36. The highest BCUT2D eigenvalue weighted by atomic mass is 35.5. The first-order valence-electron chi connectivity index (χ1n) is 11.8. The fourth-order valence-electron chi connectivity index (χ4n) is 4.39. The number of H-pyrrole nitrogens is 1. The van der Waals surface area contributed by atoms with Gasteiger partial charge < -0.3 is 19.7 Å². The number of nitrogens with one attached hydrogen (secondary N) is 2. The number of amides is 1. The SMILES string of the molecule is C=CC(=O)Nc1cc(N2CCOCC2)ccc1-c1n[nH]c2ccc(O[C@H](C)c3c(Cl)cncc3Cl)cc12. The molecule has 1 saturated heterocycles. The zero-order chi connectivity index (χ0) is 25.9. The van der Waals surface area contributed by atoms with E-state index in [-0.39, 0.29) is 5.91 Å². The van der Waals surface area contributed by atoms with Crippen LogP contribution in [-0.4, -0.2) is 47.4 Å². The molecule has 37 heavy (non-hydrogen) atoms. The second-order valence-electron chi connectivity index (χ2n) is 8.58. The second-order valence-corrected chi connectivity index (χ2v) is 9.39. The Labute approximate surface area is 224 Å². The maximum absolute atomic E-state index is 12.3. The van der Waals surface area contributed by atoms with Gasteiger partial charge in [0.05, 0.1) is 34.5 Å². The van der Waals surface area contributed by atoms with Crippen molar-refractivity contribution in [3.63, 3.8) is 0 Å². The van der Waals surface area contributed by atoms with Crippen LogP contribution < -0.4 is 15.0 Å². The van der Waals surface area contributed by atoms with Crippen LogP contribution in [0.25, 0.3) is 22.2 Å². The molecule has 190 valence electrons. The highest BCUT2D eigenvalue weighted by molar-refractivity contribution is 6.35. The topological polar surface area (TPSA) is 92.4 Å². The number of aromatic nitrogens is 3. The summed E-state index contributed by atoms with van der Waals surface area (Å²) < 4.78 is 11.7. The van der Waals surface area contributed by atoms with Crippen molar-refractivity contribution in [2.45, 2.75) is 13.0 Å². The minimum Gasteiger partial charge on any atom is -0.486 e. The zero-order valence-corrected chi connectivity index (χ0v) is 21.6. The molecule has 1 fully saturated rings. The van der Waals surface area contributed by atoms with Crippen LogP contribution in [0.4, 0.5) is 11.4 Å². The fraction of sp³-hybridized carbons (Fsp3) is 0.222. The van der Waals surface area contributed by atoms with Crippen molar-refractivity contribution in [1.29, 1.82) is 0 Å². The smallest absolute Gasteiger partial charge is 0.247 e. The van der Waals surface area contributed by atoms with Crippen LogP contribution in [0.15, 0.2) is 61.4 Å². The fourth-order valence-corrected chi connectivity index (χ4v) is 5.06. The van der Waals surface area contributed by atoms with Gasteiger partial charge in [-0.05, 0) is 49.4 Å². The predicted octanol–water partition coefficient (Wildman–Crippen LogP) is 6.03. The number of anilines is 2. The number of pyridine rings is 1. The van der Waals surface area contributed by atoms with Crippen molar-refractivity contribution < 1.29 is 14.3 Å². The Kier molecular flexibility index (Phi) is 7.32. The predicted molar refractivity (Wildman–Crippen MR) is 147 cm³/mol. The number of hydrogen-bond donors (Lipinski definition) is 2. The number of ether oxygens (including phenoxy) is 2. The maximum atomic E-state index is 12.3. The Hall–Kier alpha value is -3.59. The molecule has 3 heterocycles. The van der Waals surface area contributed by atoms with Crippen molar-refractivity contribution in [2.24, 2.45) is 0 Å². The van der Waals surface area contributed by atoms with Crippen LogP contribution in [0.1, 0.15) is 18.6 Å². The molecular formula is C27H25Cl2N5O3. The number of nitrogens with zero attached hydrogens (tertiary/aromatic N) is 3. The lowest BCUT2D eigenvalue weighted by Gasteiger charge is -2.29. The lowest BCUT2D eigenvalue weighted by molar-refractivity contribution is -0.111. The van der Waals surface area contributed by atoms with Crippen molar-refractivity contribution >= 4 is 51.4 Å². The summed E-state index contributed by atoms with van der Waals surface area (Å²) in [7, 11) is 0. The zero-order valence-electron chi connectivity index (χ0n) is 20.1. The summed E-state index contributed by atoms with van der Waals surface area (Å²) in [5.41, 5.74) is 4.57. The monoisotopic (exact) mass is 537 g/mol. The van der Waals surface area contributed by atoms with E-state index in [4.69, 9.17) is 32.7 Å². The third kappa shape index (κ3) is 5.27. The normalized spacial score (nSPS) is 14.4. The summed E-state index contributed by atoms with van der Waals surface area (Å²) in [6.45, 7) is 8.35. The molecule has 1 aliphatic rings. The van der Waals surface area contributed by atoms with Crippen LogP contribution in [0.3, 0.4) is 0 Å². The van der Waals surface area contributed by atoms with Gasteiger partial charge >= 0.3 is 0 Å². The Morgan fingerprint density at radius 3 is 2.68 bits per heavy atom. The third-order valence-corrected chi connectivity index (χ3v) is 6.82. The number of hydrogen-bond acceptors (Lipinski definition) is 6. The molecule has 0 aliphatic carbocycles. The molecule has 0 radical (unpaired) electrons. The van der Waals surface area contributed by atoms with Crippen molar-refractivity contribution in [3.8, 4) is 17.0 Å². The lowest BCUT2D eigenvalue weighted by atomic mass is 10.0. The van der Waals surface area contributed by atoms with Crippen molar-refractivity contribution in [2.75, 3.05) is 36.5 Å². The van der Waals surface area contributed by atoms with Gasteiger partial charge in [0.2, 0.25) is 5.91 Å². The molecule has 2 aromatic heterocycles. The average molecular weight is 538 g/mol. The summed E-state index contributed by atoms with van der Waals surface area (Å²) in [5.74, 6) is 0.317. The molecule has 1 atom stereocenters. The standard InChI is InChI=1S/C27H25Cl2N5O3/c1-3-25(35)31-24-12-17(34-8-10-36-11-9-34)4-6-19(24)27-20-13-18(5-7-23(20)32-33-27)37-16(2)26-21(28)14-30-15-22(26)29/h3-7,12-16H,1,8-11H2,2H3,(H,31,35)(H,32,33)/t16-/m1/s1. The van der Waals surface area contributed by atoms with Gasteiger partial charge in [0.25, 0.3) is 0 Å². The molecule has 4 aromatic rings. The first kappa shape index (κ1) is 25.1. The van der Waals surface area contributed by atoms with Crippen LogP contribution in [0.5, 0.6) is 5.75 Å². The van der Waals surface area contributed by atoms with E-state index in [2.05, 4.69) is 32.0 Å². The highest BCUT2D eigenvalue weighted by Gasteiger charge is 2.20. The Balaban J connectivity index is 1.51. The summed E-state index contributed by atoms with van der Waals surface area (Å²) in [4.78, 5) is 18.5. The molecule has 0 saturated carbocycles. The molecule has 0 spiro atoms. The van der Waals surface area contributed by atoms with Crippen LogP contribution in [0, 0.1) is 0 Å². The molecule has 1 amide bonds. The minimum absolute atomic E-state index is 0.302. The van der Waals surface area contributed by atoms with Gasteiger partial charge in [0.15, 0.2) is 0 Å². The molecule has 5 rings (SSSR count). The van der Waals surface area contributed by atoms with Gasteiger partial charge in [-0.15, -0.1) is 0 Å². The number of carbonyl (C=O) groups excluding carboxylic acids is 1. The molecule has 0 unspecified atom stereocenters. The first-order valence-corrected chi connectivity index (χ1v) is 12.5. The highest BCUT2D eigenvalue weighted by Crippen LogP contribution is 2.38. The Morgan fingerprint density at radius 1 is 1.19 bits per heavy atom. The maximum Gasteiger partial charge on any atom is 0.247 e. The van der Waals surface area contributed by atoms with Crippen molar-refractivity contribution in [1.82, 2.24) is 15.2 Å². The molecule has 0 bridgehead atoms. The average Bonchev–Trinajstić information content (AvgIpc) is 3.32. The van der Waals surface area contributed by atoms with Gasteiger partial charge in [-0.2, -0.15) is 5.10 Å². The summed E-state index contributed by atoms with van der Waals surface area (Å²) in [6.07, 6.45) is 3.92. The van der Waals surface area contributed by atoms with E-state index in [1.807, 2.05) is 43.3 Å². The van der Waals surface area contributed by atoms with E-state index in [9.17, 15) is 4.79 Å². The number of fused-ring (bicyclic) bond motifs is 1. The van der Waals surface area contributed by atoms with Crippen molar-refractivity contribution in [3.05, 3.63) is 77.1 Å². The van der Waals surface area contributed by atoms with E-state index in [0.717, 1.165) is 35.2 Å². The number of halogens is 2. The Morgan fingerprint density at radius 2 is 1.95 bits per heavy atom. The molecule has 2 aromatic carbocycles. The van der Waals surface area contributed by atoms with E-state index < -0.39 is 6.10 Å². The first-order chi connectivity index (χ1) is 17.9. The number of rotatable bonds is 7. The molecule has 2 N–H and O–H groups in total.